The summed E-state index contributed by atoms with van der Waals surface area (Å²) in [5.74, 6) is 2.19. The molecular weight excluding hydrogens is 204 g/mol. The molecule has 1 aliphatic heterocycles. The molecule has 1 aromatic heterocycles. The number of hydrogen-bond donors (Lipinski definition) is 1. The first-order valence-corrected chi connectivity index (χ1v) is 5.70. The molecule has 0 saturated carbocycles. The zero-order valence-electron chi connectivity index (χ0n) is 9.59. The minimum Gasteiger partial charge on any atom is -0.493 e. The molecular formula is C12H18N2O2. The highest BCUT2D eigenvalue weighted by Gasteiger charge is 2.21. The van der Waals surface area contributed by atoms with E-state index in [4.69, 9.17) is 9.84 Å². The van der Waals surface area contributed by atoms with Crippen LogP contribution in [0.1, 0.15) is 12.8 Å². The van der Waals surface area contributed by atoms with Crippen molar-refractivity contribution in [2.24, 2.45) is 5.92 Å². The molecule has 0 amide bonds. The smallest absolute Gasteiger partial charge is 0.171 e. The van der Waals surface area contributed by atoms with Gasteiger partial charge in [0.05, 0.1) is 7.11 Å². The summed E-state index contributed by atoms with van der Waals surface area (Å²) in [5.41, 5.74) is 0. The summed E-state index contributed by atoms with van der Waals surface area (Å²) in [5, 5.41) is 9.09. The Morgan fingerprint density at radius 2 is 2.25 bits per heavy atom. The molecule has 0 bridgehead atoms. The third-order valence-electron chi connectivity index (χ3n) is 3.14. The monoisotopic (exact) mass is 222 g/mol. The van der Waals surface area contributed by atoms with Crippen LogP contribution in [0.3, 0.4) is 0 Å². The van der Waals surface area contributed by atoms with Crippen LogP contribution in [-0.2, 0) is 0 Å². The van der Waals surface area contributed by atoms with Crippen LogP contribution in [0.15, 0.2) is 18.3 Å². The molecule has 0 spiro atoms. The van der Waals surface area contributed by atoms with Gasteiger partial charge in [-0.05, 0) is 30.9 Å². The minimum absolute atomic E-state index is 0.299. The number of pyridine rings is 1. The van der Waals surface area contributed by atoms with Crippen molar-refractivity contribution in [2.45, 2.75) is 12.8 Å². The Labute approximate surface area is 95.9 Å². The molecule has 4 heteroatoms. The first kappa shape index (κ1) is 11.2. The van der Waals surface area contributed by atoms with Crippen molar-refractivity contribution in [3.8, 4) is 5.75 Å². The second-order valence-electron chi connectivity index (χ2n) is 4.14. The fraction of sp³-hybridized carbons (Fsp3) is 0.583. The Balaban J connectivity index is 2.07. The molecule has 2 heterocycles. The van der Waals surface area contributed by atoms with E-state index in [1.54, 1.807) is 13.3 Å². The number of piperidine rings is 1. The quantitative estimate of drug-likeness (QED) is 0.837. The molecule has 16 heavy (non-hydrogen) atoms. The number of hydrogen-bond acceptors (Lipinski definition) is 4. The average Bonchev–Trinajstić information content (AvgIpc) is 2.39. The maximum Gasteiger partial charge on any atom is 0.171 e. The molecule has 1 aliphatic rings. The van der Waals surface area contributed by atoms with Gasteiger partial charge >= 0.3 is 0 Å². The number of aromatic nitrogens is 1. The molecule has 88 valence electrons. The predicted molar refractivity (Wildman–Crippen MR) is 62.8 cm³/mol. The topological polar surface area (TPSA) is 45.6 Å². The first-order valence-electron chi connectivity index (χ1n) is 5.70. The van der Waals surface area contributed by atoms with Crippen molar-refractivity contribution in [3.05, 3.63) is 18.3 Å². The van der Waals surface area contributed by atoms with E-state index in [0.717, 1.165) is 37.5 Å². The van der Waals surface area contributed by atoms with Gasteiger partial charge in [0.25, 0.3) is 0 Å². The fourth-order valence-electron chi connectivity index (χ4n) is 2.11. The van der Waals surface area contributed by atoms with E-state index in [9.17, 15) is 0 Å². The predicted octanol–water partition coefficient (Wildman–Crippen LogP) is 1.30. The lowest BCUT2D eigenvalue weighted by Crippen LogP contribution is -2.35. The van der Waals surface area contributed by atoms with Crippen LogP contribution in [-0.4, -0.2) is 36.9 Å². The number of methoxy groups -OCH3 is 1. The molecule has 1 saturated heterocycles. The summed E-state index contributed by atoms with van der Waals surface area (Å²) < 4.78 is 5.30. The lowest BCUT2D eigenvalue weighted by Gasteiger charge is -2.32. The molecule has 0 aliphatic carbocycles. The zero-order valence-corrected chi connectivity index (χ0v) is 9.59. The van der Waals surface area contributed by atoms with E-state index in [2.05, 4.69) is 9.88 Å². The number of anilines is 1. The van der Waals surface area contributed by atoms with Crippen molar-refractivity contribution in [1.82, 2.24) is 4.98 Å². The van der Waals surface area contributed by atoms with Gasteiger partial charge in [0.2, 0.25) is 0 Å². The van der Waals surface area contributed by atoms with Crippen LogP contribution in [0.2, 0.25) is 0 Å². The molecule has 0 unspecified atom stereocenters. The van der Waals surface area contributed by atoms with E-state index < -0.39 is 0 Å². The Morgan fingerprint density at radius 1 is 1.50 bits per heavy atom. The highest BCUT2D eigenvalue weighted by Crippen LogP contribution is 2.28. The van der Waals surface area contributed by atoms with Gasteiger partial charge in [-0.3, -0.25) is 0 Å². The van der Waals surface area contributed by atoms with Crippen LogP contribution in [0, 0.1) is 5.92 Å². The van der Waals surface area contributed by atoms with Gasteiger partial charge in [0.15, 0.2) is 11.6 Å². The van der Waals surface area contributed by atoms with Crippen LogP contribution in [0.4, 0.5) is 5.82 Å². The molecule has 0 atom stereocenters. The van der Waals surface area contributed by atoms with E-state index in [1.165, 1.54) is 0 Å². The lowest BCUT2D eigenvalue weighted by atomic mass is 9.98. The highest BCUT2D eigenvalue weighted by molar-refractivity contribution is 5.52. The van der Waals surface area contributed by atoms with Crippen LogP contribution in [0.5, 0.6) is 5.75 Å². The number of nitrogens with zero attached hydrogens (tertiary/aromatic N) is 2. The van der Waals surface area contributed by atoms with Crippen molar-refractivity contribution in [2.75, 3.05) is 31.7 Å². The van der Waals surface area contributed by atoms with Gasteiger partial charge in [-0.25, -0.2) is 4.98 Å². The number of rotatable bonds is 3. The van der Waals surface area contributed by atoms with Gasteiger partial charge in [-0.2, -0.15) is 0 Å². The number of ether oxygens (including phenoxy) is 1. The summed E-state index contributed by atoms with van der Waals surface area (Å²) >= 11 is 0. The maximum absolute atomic E-state index is 9.09. The Hall–Kier alpha value is -1.29. The summed E-state index contributed by atoms with van der Waals surface area (Å²) in [7, 11) is 1.67. The SMILES string of the molecule is COc1cccnc1N1CCC(CO)CC1. The third-order valence-corrected chi connectivity index (χ3v) is 3.14. The molecule has 1 N–H and O–H groups in total. The zero-order chi connectivity index (χ0) is 11.4. The van der Waals surface area contributed by atoms with E-state index in [1.807, 2.05) is 12.1 Å². The standard InChI is InChI=1S/C12H18N2O2/c1-16-11-3-2-6-13-12(11)14-7-4-10(9-15)5-8-14/h2-3,6,10,15H,4-5,7-9H2,1H3. The summed E-state index contributed by atoms with van der Waals surface area (Å²) in [6.45, 7) is 2.18. The molecule has 0 radical (unpaired) electrons. The van der Waals surface area contributed by atoms with Crippen LogP contribution < -0.4 is 9.64 Å². The molecule has 1 fully saturated rings. The Kier molecular flexibility index (Phi) is 3.62. The van der Waals surface area contributed by atoms with Gasteiger partial charge in [-0.15, -0.1) is 0 Å². The first-order chi connectivity index (χ1) is 7.85. The summed E-state index contributed by atoms with van der Waals surface area (Å²) in [4.78, 5) is 6.59. The van der Waals surface area contributed by atoms with Crippen LogP contribution in [0.25, 0.3) is 0 Å². The van der Waals surface area contributed by atoms with Crippen molar-refractivity contribution < 1.29 is 9.84 Å². The van der Waals surface area contributed by atoms with Gasteiger partial charge in [0, 0.05) is 25.9 Å². The average molecular weight is 222 g/mol. The van der Waals surface area contributed by atoms with Crippen molar-refractivity contribution in [1.29, 1.82) is 0 Å². The molecule has 4 nitrogen and oxygen atoms in total. The second kappa shape index (κ2) is 5.16. The largest absolute Gasteiger partial charge is 0.493 e. The Bertz CT molecular complexity index is 336. The van der Waals surface area contributed by atoms with Crippen molar-refractivity contribution >= 4 is 5.82 Å². The van der Waals surface area contributed by atoms with E-state index >= 15 is 0 Å². The third kappa shape index (κ3) is 2.27. The minimum atomic E-state index is 0.299. The molecule has 0 aromatic carbocycles. The molecule has 1 aromatic rings. The van der Waals surface area contributed by atoms with Gasteiger partial charge in [-0.1, -0.05) is 0 Å². The van der Waals surface area contributed by atoms with Gasteiger partial charge in [0.1, 0.15) is 0 Å². The fourth-order valence-corrected chi connectivity index (χ4v) is 2.11. The summed E-state index contributed by atoms with van der Waals surface area (Å²) in [6, 6.07) is 3.81. The van der Waals surface area contributed by atoms with Crippen molar-refractivity contribution in [3.63, 3.8) is 0 Å². The highest BCUT2D eigenvalue weighted by atomic mass is 16.5. The number of aliphatic hydroxyl groups excluding tert-OH is 1. The van der Waals surface area contributed by atoms with E-state index in [0.29, 0.717) is 12.5 Å². The number of aliphatic hydroxyl groups is 1. The molecule has 2 rings (SSSR count). The van der Waals surface area contributed by atoms with Gasteiger partial charge < -0.3 is 14.7 Å². The summed E-state index contributed by atoms with van der Waals surface area (Å²) in [6.07, 6.45) is 3.84. The second-order valence-corrected chi connectivity index (χ2v) is 4.14. The van der Waals surface area contributed by atoms with E-state index in [-0.39, 0.29) is 0 Å². The maximum atomic E-state index is 9.09. The lowest BCUT2D eigenvalue weighted by molar-refractivity contribution is 0.202. The Morgan fingerprint density at radius 3 is 2.88 bits per heavy atom. The normalized spacial score (nSPS) is 17.5. The van der Waals surface area contributed by atoms with Crippen LogP contribution >= 0.6 is 0 Å².